The van der Waals surface area contributed by atoms with E-state index < -0.39 is 0 Å². The first-order chi connectivity index (χ1) is 7.22. The molecule has 2 aromatic rings. The molecular weight excluding hydrogens is 358 g/mol. The van der Waals surface area contributed by atoms with Crippen LogP contribution in [0.3, 0.4) is 0 Å². The SMILES string of the molecule is CNC(c1cccs1)c1cc(Br)c(Br)s1. The van der Waals surface area contributed by atoms with E-state index in [1.807, 2.05) is 7.05 Å². The maximum absolute atomic E-state index is 3.52. The van der Waals surface area contributed by atoms with Crippen molar-refractivity contribution in [3.05, 3.63) is 41.6 Å². The van der Waals surface area contributed by atoms with E-state index in [0.29, 0.717) is 6.04 Å². The molecule has 2 heterocycles. The highest BCUT2D eigenvalue weighted by Crippen LogP contribution is 2.38. The first-order valence-electron chi connectivity index (χ1n) is 4.37. The van der Waals surface area contributed by atoms with Crippen molar-refractivity contribution < 1.29 is 0 Å². The first kappa shape index (κ1) is 11.8. The Labute approximate surface area is 114 Å². The molecule has 1 unspecified atom stereocenters. The Morgan fingerprint density at radius 2 is 2.13 bits per heavy atom. The standard InChI is InChI=1S/C10H9Br2NS2/c1-13-9(7-3-2-4-14-7)8-5-6(11)10(12)15-8/h2-5,9,13H,1H3. The molecule has 2 rings (SSSR count). The van der Waals surface area contributed by atoms with E-state index in [1.54, 1.807) is 22.7 Å². The van der Waals surface area contributed by atoms with Gasteiger partial charge in [-0.15, -0.1) is 22.7 Å². The lowest BCUT2D eigenvalue weighted by molar-refractivity contribution is 0.716. The van der Waals surface area contributed by atoms with Gasteiger partial charge in [0, 0.05) is 14.2 Å². The zero-order valence-corrected chi connectivity index (χ0v) is 12.8. The number of rotatable bonds is 3. The van der Waals surface area contributed by atoms with Crippen molar-refractivity contribution in [1.29, 1.82) is 0 Å². The van der Waals surface area contributed by atoms with Gasteiger partial charge in [-0.1, -0.05) is 6.07 Å². The van der Waals surface area contributed by atoms with Gasteiger partial charge < -0.3 is 5.32 Å². The molecular formula is C10H9Br2NS2. The fourth-order valence-corrected chi connectivity index (χ4v) is 4.53. The second-order valence-electron chi connectivity index (χ2n) is 3.01. The van der Waals surface area contributed by atoms with E-state index in [0.717, 1.165) is 8.26 Å². The Morgan fingerprint density at radius 3 is 2.60 bits per heavy atom. The number of hydrogen-bond acceptors (Lipinski definition) is 3. The topological polar surface area (TPSA) is 12.0 Å². The van der Waals surface area contributed by atoms with Crippen LogP contribution in [0.1, 0.15) is 15.8 Å². The van der Waals surface area contributed by atoms with Crippen molar-refractivity contribution >= 4 is 54.5 Å². The number of hydrogen-bond donors (Lipinski definition) is 1. The molecule has 0 radical (unpaired) electrons. The van der Waals surface area contributed by atoms with E-state index in [1.165, 1.54) is 9.75 Å². The Kier molecular flexibility index (Phi) is 4.01. The van der Waals surface area contributed by atoms with Gasteiger partial charge >= 0.3 is 0 Å². The van der Waals surface area contributed by atoms with Crippen LogP contribution in [0.5, 0.6) is 0 Å². The molecule has 80 valence electrons. The number of nitrogens with one attached hydrogen (secondary N) is 1. The smallest absolute Gasteiger partial charge is 0.0843 e. The molecule has 0 saturated carbocycles. The summed E-state index contributed by atoms with van der Waals surface area (Å²) in [6.45, 7) is 0. The molecule has 0 aliphatic carbocycles. The van der Waals surface area contributed by atoms with Gasteiger partial charge in [0.1, 0.15) is 0 Å². The van der Waals surface area contributed by atoms with Crippen LogP contribution in [0.15, 0.2) is 31.8 Å². The number of halogens is 2. The van der Waals surface area contributed by atoms with E-state index in [2.05, 4.69) is 60.8 Å². The molecule has 2 aromatic heterocycles. The second-order valence-corrected chi connectivity index (χ2v) is 7.24. The van der Waals surface area contributed by atoms with Gasteiger partial charge in [-0.05, 0) is 56.4 Å². The largest absolute Gasteiger partial charge is 0.308 e. The van der Waals surface area contributed by atoms with Gasteiger partial charge in [-0.3, -0.25) is 0 Å². The minimum Gasteiger partial charge on any atom is -0.308 e. The van der Waals surface area contributed by atoms with Gasteiger partial charge in [0.15, 0.2) is 0 Å². The molecule has 0 amide bonds. The summed E-state index contributed by atoms with van der Waals surface area (Å²) in [5, 5.41) is 5.45. The molecule has 0 spiro atoms. The summed E-state index contributed by atoms with van der Waals surface area (Å²) in [5.41, 5.74) is 0. The van der Waals surface area contributed by atoms with E-state index in [4.69, 9.17) is 0 Å². The van der Waals surface area contributed by atoms with Crippen LogP contribution in [0.4, 0.5) is 0 Å². The quantitative estimate of drug-likeness (QED) is 0.833. The van der Waals surface area contributed by atoms with Crippen LogP contribution < -0.4 is 5.32 Å². The van der Waals surface area contributed by atoms with E-state index >= 15 is 0 Å². The molecule has 0 aliphatic heterocycles. The number of thiophene rings is 2. The summed E-state index contributed by atoms with van der Waals surface area (Å²) in [7, 11) is 1.99. The average Bonchev–Trinajstić information content (AvgIpc) is 2.80. The van der Waals surface area contributed by atoms with Crippen LogP contribution in [-0.4, -0.2) is 7.05 Å². The van der Waals surface area contributed by atoms with Crippen molar-refractivity contribution in [2.75, 3.05) is 7.05 Å². The third-order valence-electron chi connectivity index (χ3n) is 2.07. The van der Waals surface area contributed by atoms with Gasteiger partial charge in [0.05, 0.1) is 9.83 Å². The summed E-state index contributed by atoms with van der Waals surface area (Å²) in [5.74, 6) is 0. The second kappa shape index (κ2) is 5.10. The average molecular weight is 367 g/mol. The van der Waals surface area contributed by atoms with Crippen molar-refractivity contribution in [2.45, 2.75) is 6.04 Å². The molecule has 5 heteroatoms. The van der Waals surface area contributed by atoms with Crippen LogP contribution in [0.2, 0.25) is 0 Å². The lowest BCUT2D eigenvalue weighted by atomic mass is 10.2. The Morgan fingerprint density at radius 1 is 1.33 bits per heavy atom. The minimum atomic E-state index is 0.303. The van der Waals surface area contributed by atoms with Gasteiger partial charge in [0.25, 0.3) is 0 Å². The van der Waals surface area contributed by atoms with Crippen molar-refractivity contribution in [2.24, 2.45) is 0 Å². The zero-order valence-electron chi connectivity index (χ0n) is 7.96. The minimum absolute atomic E-state index is 0.303. The summed E-state index contributed by atoms with van der Waals surface area (Å²) < 4.78 is 2.27. The predicted molar refractivity (Wildman–Crippen MR) is 74.9 cm³/mol. The Hall–Kier alpha value is 0.320. The van der Waals surface area contributed by atoms with E-state index in [-0.39, 0.29) is 0 Å². The van der Waals surface area contributed by atoms with Crippen LogP contribution in [-0.2, 0) is 0 Å². The lowest BCUT2D eigenvalue weighted by Gasteiger charge is -2.11. The third kappa shape index (κ3) is 2.53. The maximum Gasteiger partial charge on any atom is 0.0843 e. The summed E-state index contributed by atoms with van der Waals surface area (Å²) >= 11 is 10.6. The highest BCUT2D eigenvalue weighted by atomic mass is 79.9. The monoisotopic (exact) mass is 365 g/mol. The lowest BCUT2D eigenvalue weighted by Crippen LogP contribution is -2.14. The fourth-order valence-electron chi connectivity index (χ4n) is 1.39. The summed E-state index contributed by atoms with van der Waals surface area (Å²) in [6.07, 6.45) is 0. The van der Waals surface area contributed by atoms with Crippen LogP contribution >= 0.6 is 54.5 Å². The van der Waals surface area contributed by atoms with Crippen LogP contribution in [0, 0.1) is 0 Å². The highest BCUT2D eigenvalue weighted by Gasteiger charge is 2.16. The highest BCUT2D eigenvalue weighted by molar-refractivity contribution is 9.13. The summed E-state index contributed by atoms with van der Waals surface area (Å²) in [6, 6.07) is 6.71. The zero-order chi connectivity index (χ0) is 10.8. The molecule has 15 heavy (non-hydrogen) atoms. The molecule has 0 aromatic carbocycles. The van der Waals surface area contributed by atoms with Gasteiger partial charge in [-0.2, -0.15) is 0 Å². The molecule has 0 saturated heterocycles. The van der Waals surface area contributed by atoms with Crippen molar-refractivity contribution in [3.8, 4) is 0 Å². The molecule has 1 atom stereocenters. The summed E-state index contributed by atoms with van der Waals surface area (Å²) in [4.78, 5) is 2.66. The fraction of sp³-hybridized carbons (Fsp3) is 0.200. The molecule has 1 nitrogen and oxygen atoms in total. The molecule has 1 N–H and O–H groups in total. The predicted octanol–water partition coefficient (Wildman–Crippen LogP) is 4.64. The van der Waals surface area contributed by atoms with Crippen molar-refractivity contribution in [1.82, 2.24) is 5.32 Å². The van der Waals surface area contributed by atoms with Gasteiger partial charge in [0.2, 0.25) is 0 Å². The third-order valence-corrected chi connectivity index (χ3v) is 6.32. The Bertz CT molecular complexity index is 417. The van der Waals surface area contributed by atoms with E-state index in [9.17, 15) is 0 Å². The molecule has 0 aliphatic rings. The molecule has 0 bridgehead atoms. The van der Waals surface area contributed by atoms with Crippen molar-refractivity contribution in [3.63, 3.8) is 0 Å². The first-order valence-corrected chi connectivity index (χ1v) is 7.66. The normalized spacial score (nSPS) is 13.0. The van der Waals surface area contributed by atoms with Gasteiger partial charge in [-0.25, -0.2) is 0 Å². The van der Waals surface area contributed by atoms with Crippen LogP contribution in [0.25, 0.3) is 0 Å². The molecule has 0 fully saturated rings. The Balaban J connectivity index is 2.35. The maximum atomic E-state index is 3.52.